The Labute approximate surface area is 106 Å². The average molecular weight is 310 g/mol. The molecule has 0 aliphatic heterocycles. The van der Waals surface area contributed by atoms with E-state index in [2.05, 4.69) is 15.9 Å². The zero-order chi connectivity index (χ0) is 13.2. The summed E-state index contributed by atoms with van der Waals surface area (Å²) in [7, 11) is 3.12. The van der Waals surface area contributed by atoms with Gasteiger partial charge in [-0.05, 0) is 17.7 Å². The Bertz CT molecular complexity index is 429. The molecule has 17 heavy (non-hydrogen) atoms. The van der Waals surface area contributed by atoms with Gasteiger partial charge in [-0.15, -0.1) is 0 Å². The van der Waals surface area contributed by atoms with Crippen molar-refractivity contribution in [3.63, 3.8) is 0 Å². The molecule has 0 radical (unpaired) electrons. The van der Waals surface area contributed by atoms with E-state index in [4.69, 9.17) is 0 Å². The third-order valence-corrected chi connectivity index (χ3v) is 2.88. The Hall–Kier alpha value is -1.04. The fraction of sp³-hybridized carbons (Fsp3) is 0.364. The molecule has 1 amide bonds. The maximum atomic E-state index is 12.6. The van der Waals surface area contributed by atoms with Gasteiger partial charge < -0.3 is 4.90 Å². The zero-order valence-electron chi connectivity index (χ0n) is 9.31. The molecule has 0 aliphatic rings. The van der Waals surface area contributed by atoms with E-state index >= 15 is 0 Å². The van der Waals surface area contributed by atoms with Gasteiger partial charge in [0.15, 0.2) is 0 Å². The second-order valence-corrected chi connectivity index (χ2v) is 4.63. The number of nitrogens with zero attached hydrogens (tertiary/aromatic N) is 1. The number of rotatable bonds is 2. The normalized spacial score (nSPS) is 11.4. The van der Waals surface area contributed by atoms with Crippen LogP contribution in [-0.4, -0.2) is 24.9 Å². The molecule has 0 unspecified atom stereocenters. The van der Waals surface area contributed by atoms with Crippen LogP contribution >= 0.6 is 15.9 Å². The van der Waals surface area contributed by atoms with Crippen molar-refractivity contribution in [3.05, 3.63) is 33.8 Å². The molecule has 1 aromatic rings. The van der Waals surface area contributed by atoms with Crippen LogP contribution in [0.15, 0.2) is 22.7 Å². The summed E-state index contributed by atoms with van der Waals surface area (Å²) in [5.74, 6) is -0.236. The fourth-order valence-corrected chi connectivity index (χ4v) is 1.70. The van der Waals surface area contributed by atoms with Gasteiger partial charge in [-0.2, -0.15) is 13.2 Å². The van der Waals surface area contributed by atoms with Gasteiger partial charge >= 0.3 is 6.18 Å². The molecular weight excluding hydrogens is 299 g/mol. The first-order chi connectivity index (χ1) is 7.71. The van der Waals surface area contributed by atoms with Crippen LogP contribution in [0.3, 0.4) is 0 Å². The average Bonchev–Trinajstić information content (AvgIpc) is 2.19. The minimum Gasteiger partial charge on any atom is -0.349 e. The van der Waals surface area contributed by atoms with Crippen molar-refractivity contribution in [2.45, 2.75) is 12.6 Å². The summed E-state index contributed by atoms with van der Waals surface area (Å²) >= 11 is 2.85. The highest BCUT2D eigenvalue weighted by Crippen LogP contribution is 2.35. The maximum Gasteiger partial charge on any atom is 0.417 e. The molecule has 0 atom stereocenters. The summed E-state index contributed by atoms with van der Waals surface area (Å²) in [6.45, 7) is 0. The van der Waals surface area contributed by atoms with Crippen LogP contribution in [0.2, 0.25) is 0 Å². The molecule has 0 aliphatic carbocycles. The van der Waals surface area contributed by atoms with Crippen LogP contribution in [0.4, 0.5) is 13.2 Å². The molecule has 1 aromatic carbocycles. The molecule has 0 spiro atoms. The number of halogens is 4. The predicted octanol–water partition coefficient (Wildman–Crippen LogP) is 3.10. The van der Waals surface area contributed by atoms with Gasteiger partial charge in [-0.25, -0.2) is 0 Å². The predicted molar refractivity (Wildman–Crippen MR) is 61.5 cm³/mol. The highest BCUT2D eigenvalue weighted by Gasteiger charge is 2.33. The molecule has 0 N–H and O–H groups in total. The van der Waals surface area contributed by atoms with E-state index < -0.39 is 11.7 Å². The number of carbonyl (C=O) groups excluding carboxylic acids is 1. The van der Waals surface area contributed by atoms with Crippen molar-refractivity contribution in [3.8, 4) is 0 Å². The number of benzene rings is 1. The van der Waals surface area contributed by atoms with Gasteiger partial charge in [0.25, 0.3) is 0 Å². The van der Waals surface area contributed by atoms with E-state index in [9.17, 15) is 18.0 Å². The summed E-state index contributed by atoms with van der Waals surface area (Å²) in [5.41, 5.74) is -0.416. The number of amides is 1. The van der Waals surface area contributed by atoms with Crippen LogP contribution in [-0.2, 0) is 17.4 Å². The summed E-state index contributed by atoms with van der Waals surface area (Å²) in [5, 5.41) is 0. The molecule has 0 aromatic heterocycles. The highest BCUT2D eigenvalue weighted by molar-refractivity contribution is 9.10. The van der Waals surface area contributed by atoms with Gasteiger partial charge in [0, 0.05) is 18.6 Å². The summed E-state index contributed by atoms with van der Waals surface area (Å²) in [4.78, 5) is 12.7. The molecule has 0 bridgehead atoms. The highest BCUT2D eigenvalue weighted by atomic mass is 79.9. The molecule has 2 nitrogen and oxygen atoms in total. The van der Waals surface area contributed by atoms with Crippen LogP contribution in [0, 0.1) is 0 Å². The van der Waals surface area contributed by atoms with Crippen molar-refractivity contribution >= 4 is 21.8 Å². The Balaban J connectivity index is 3.01. The number of alkyl halides is 3. The van der Waals surface area contributed by atoms with E-state index in [0.29, 0.717) is 5.56 Å². The van der Waals surface area contributed by atoms with Gasteiger partial charge in [0.2, 0.25) is 5.91 Å². The van der Waals surface area contributed by atoms with E-state index in [1.54, 1.807) is 14.1 Å². The van der Waals surface area contributed by atoms with Crippen molar-refractivity contribution in [1.82, 2.24) is 4.90 Å². The lowest BCUT2D eigenvalue weighted by Gasteiger charge is -2.13. The van der Waals surface area contributed by atoms with Gasteiger partial charge in [-0.3, -0.25) is 4.79 Å². The Morgan fingerprint density at radius 1 is 1.35 bits per heavy atom. The molecule has 0 saturated heterocycles. The molecular formula is C11H11BrF3NO. The van der Waals surface area contributed by atoms with Crippen molar-refractivity contribution in [2.75, 3.05) is 14.1 Å². The van der Waals surface area contributed by atoms with Crippen molar-refractivity contribution in [1.29, 1.82) is 0 Å². The van der Waals surface area contributed by atoms with Crippen LogP contribution < -0.4 is 0 Å². The third kappa shape index (κ3) is 3.73. The topological polar surface area (TPSA) is 20.3 Å². The van der Waals surface area contributed by atoms with Crippen LogP contribution in [0.5, 0.6) is 0 Å². The lowest BCUT2D eigenvalue weighted by Crippen LogP contribution is -2.23. The van der Waals surface area contributed by atoms with E-state index in [1.165, 1.54) is 17.0 Å². The second-order valence-electron chi connectivity index (χ2n) is 3.78. The van der Waals surface area contributed by atoms with E-state index in [0.717, 1.165) is 6.07 Å². The number of carbonyl (C=O) groups is 1. The first-order valence-corrected chi connectivity index (χ1v) is 5.57. The SMILES string of the molecule is CN(C)C(=O)Cc1ccc(Br)c(C(F)(F)F)c1. The van der Waals surface area contributed by atoms with Crippen LogP contribution in [0.1, 0.15) is 11.1 Å². The number of likely N-dealkylation sites (N-methyl/N-ethyl adjacent to an activating group) is 1. The first kappa shape index (κ1) is 14.0. The summed E-state index contributed by atoms with van der Waals surface area (Å²) in [6.07, 6.45) is -4.46. The monoisotopic (exact) mass is 309 g/mol. The van der Waals surface area contributed by atoms with Crippen LogP contribution in [0.25, 0.3) is 0 Å². The second kappa shape index (κ2) is 5.08. The standard InChI is InChI=1S/C11H11BrF3NO/c1-16(2)10(17)6-7-3-4-9(12)8(5-7)11(13,14)15/h3-5H,6H2,1-2H3. The first-order valence-electron chi connectivity index (χ1n) is 4.77. The number of hydrogen-bond acceptors (Lipinski definition) is 1. The Morgan fingerprint density at radius 3 is 2.41 bits per heavy atom. The molecule has 6 heteroatoms. The number of hydrogen-bond donors (Lipinski definition) is 0. The van der Waals surface area contributed by atoms with Crippen molar-refractivity contribution < 1.29 is 18.0 Å². The Morgan fingerprint density at radius 2 is 1.94 bits per heavy atom. The minimum atomic E-state index is -4.42. The molecule has 0 fully saturated rings. The molecule has 94 valence electrons. The quantitative estimate of drug-likeness (QED) is 0.822. The largest absolute Gasteiger partial charge is 0.417 e. The fourth-order valence-electron chi connectivity index (χ4n) is 1.23. The maximum absolute atomic E-state index is 12.6. The molecule has 1 rings (SSSR count). The van der Waals surface area contributed by atoms with E-state index in [1.807, 2.05) is 0 Å². The van der Waals surface area contributed by atoms with Gasteiger partial charge in [0.1, 0.15) is 0 Å². The van der Waals surface area contributed by atoms with Gasteiger partial charge in [0.05, 0.1) is 12.0 Å². The smallest absolute Gasteiger partial charge is 0.349 e. The summed E-state index contributed by atoms with van der Waals surface area (Å²) in [6, 6.07) is 3.80. The third-order valence-electron chi connectivity index (χ3n) is 2.19. The van der Waals surface area contributed by atoms with E-state index in [-0.39, 0.29) is 16.8 Å². The van der Waals surface area contributed by atoms with Crippen molar-refractivity contribution in [2.24, 2.45) is 0 Å². The lowest BCUT2D eigenvalue weighted by molar-refractivity contribution is -0.138. The van der Waals surface area contributed by atoms with Gasteiger partial charge in [-0.1, -0.05) is 22.0 Å². The lowest BCUT2D eigenvalue weighted by atomic mass is 10.1. The molecule has 0 heterocycles. The summed E-state index contributed by atoms with van der Waals surface area (Å²) < 4.78 is 37.8. The minimum absolute atomic E-state index is 0.0222. The Kier molecular flexibility index (Phi) is 4.19. The molecule has 0 saturated carbocycles. The zero-order valence-corrected chi connectivity index (χ0v) is 10.9.